The standard InChI is InChI=1S/C20H26N4O4/c1-3-21-8-13-24(20(28)19(21)27)14-18(26)23-11-9-22(10-12-23)17-6-4-16(5-7-17)15(2)25/h4-7H,3,8-14H2,1-2H3. The molecule has 0 bridgehead atoms. The zero-order chi connectivity index (χ0) is 20.3. The van der Waals surface area contributed by atoms with E-state index >= 15 is 0 Å². The van der Waals surface area contributed by atoms with Crippen molar-refractivity contribution in [2.45, 2.75) is 13.8 Å². The molecule has 3 rings (SSSR count). The van der Waals surface area contributed by atoms with E-state index in [1.165, 1.54) is 9.80 Å². The minimum Gasteiger partial charge on any atom is -0.368 e. The summed E-state index contributed by atoms with van der Waals surface area (Å²) in [6.07, 6.45) is 0. The number of piperazine rings is 2. The molecule has 2 heterocycles. The third-order valence-corrected chi connectivity index (χ3v) is 5.38. The van der Waals surface area contributed by atoms with E-state index in [9.17, 15) is 19.2 Å². The molecule has 8 heteroatoms. The molecule has 1 aromatic rings. The van der Waals surface area contributed by atoms with Crippen LogP contribution in [0.5, 0.6) is 0 Å². The molecule has 0 N–H and O–H groups in total. The molecular weight excluding hydrogens is 360 g/mol. The lowest BCUT2D eigenvalue weighted by atomic mass is 10.1. The highest BCUT2D eigenvalue weighted by atomic mass is 16.2. The van der Waals surface area contributed by atoms with Crippen LogP contribution in [0.15, 0.2) is 24.3 Å². The number of benzene rings is 1. The molecule has 150 valence electrons. The van der Waals surface area contributed by atoms with E-state index < -0.39 is 11.8 Å². The van der Waals surface area contributed by atoms with Gasteiger partial charge in [-0.05, 0) is 38.1 Å². The summed E-state index contributed by atoms with van der Waals surface area (Å²) in [5.41, 5.74) is 1.70. The Bertz CT molecular complexity index is 769. The highest BCUT2D eigenvalue weighted by molar-refractivity contribution is 6.35. The molecule has 0 aliphatic carbocycles. The molecule has 0 radical (unpaired) electrons. The van der Waals surface area contributed by atoms with Crippen LogP contribution in [0, 0.1) is 0 Å². The lowest BCUT2D eigenvalue weighted by Crippen LogP contribution is -2.57. The topological polar surface area (TPSA) is 81.2 Å². The number of hydrogen-bond donors (Lipinski definition) is 0. The van der Waals surface area contributed by atoms with Crippen LogP contribution in [0.1, 0.15) is 24.2 Å². The summed E-state index contributed by atoms with van der Waals surface area (Å²) >= 11 is 0. The molecule has 1 aromatic carbocycles. The summed E-state index contributed by atoms with van der Waals surface area (Å²) in [6, 6.07) is 7.47. The summed E-state index contributed by atoms with van der Waals surface area (Å²) in [4.78, 5) is 54.9. The average molecular weight is 386 g/mol. The van der Waals surface area contributed by atoms with Crippen molar-refractivity contribution in [1.82, 2.24) is 14.7 Å². The van der Waals surface area contributed by atoms with Crippen LogP contribution in [0.4, 0.5) is 5.69 Å². The summed E-state index contributed by atoms with van der Waals surface area (Å²) in [5, 5.41) is 0. The maximum atomic E-state index is 12.6. The Morgan fingerprint density at radius 2 is 1.43 bits per heavy atom. The Morgan fingerprint density at radius 3 is 2.00 bits per heavy atom. The number of hydrogen-bond acceptors (Lipinski definition) is 5. The lowest BCUT2D eigenvalue weighted by molar-refractivity contribution is -0.157. The molecule has 3 amide bonds. The van der Waals surface area contributed by atoms with Crippen molar-refractivity contribution in [1.29, 1.82) is 0 Å². The maximum absolute atomic E-state index is 12.6. The molecule has 2 aliphatic heterocycles. The third-order valence-electron chi connectivity index (χ3n) is 5.38. The highest BCUT2D eigenvalue weighted by Crippen LogP contribution is 2.18. The van der Waals surface area contributed by atoms with Gasteiger partial charge in [-0.2, -0.15) is 0 Å². The van der Waals surface area contributed by atoms with Gasteiger partial charge in [-0.1, -0.05) is 0 Å². The molecule has 28 heavy (non-hydrogen) atoms. The van der Waals surface area contributed by atoms with Crippen molar-refractivity contribution in [3.8, 4) is 0 Å². The quantitative estimate of drug-likeness (QED) is 0.535. The van der Waals surface area contributed by atoms with Crippen LogP contribution in [0.3, 0.4) is 0 Å². The van der Waals surface area contributed by atoms with E-state index in [0.717, 1.165) is 5.69 Å². The predicted molar refractivity (Wildman–Crippen MR) is 104 cm³/mol. The number of nitrogens with zero attached hydrogens (tertiary/aromatic N) is 4. The van der Waals surface area contributed by atoms with Gasteiger partial charge < -0.3 is 19.6 Å². The molecule has 2 saturated heterocycles. The first-order valence-electron chi connectivity index (χ1n) is 9.62. The van der Waals surface area contributed by atoms with E-state index in [-0.39, 0.29) is 18.2 Å². The summed E-state index contributed by atoms with van der Waals surface area (Å²) < 4.78 is 0. The predicted octanol–water partition coefficient (Wildman–Crippen LogP) is 0.229. The Hall–Kier alpha value is -2.90. The Morgan fingerprint density at radius 1 is 0.857 bits per heavy atom. The van der Waals surface area contributed by atoms with Crippen LogP contribution in [-0.2, 0) is 14.4 Å². The van der Waals surface area contributed by atoms with Crippen molar-refractivity contribution in [2.75, 3.05) is 57.3 Å². The van der Waals surface area contributed by atoms with Crippen LogP contribution in [0.2, 0.25) is 0 Å². The average Bonchev–Trinajstić information content (AvgIpc) is 2.71. The first-order chi connectivity index (χ1) is 13.4. The first kappa shape index (κ1) is 19.9. The fourth-order valence-corrected chi connectivity index (χ4v) is 3.55. The van der Waals surface area contributed by atoms with Gasteiger partial charge in [0.25, 0.3) is 0 Å². The summed E-state index contributed by atoms with van der Waals surface area (Å²) in [5.74, 6) is -1.21. The second kappa shape index (κ2) is 8.41. The Kier molecular flexibility index (Phi) is 5.96. The van der Waals surface area contributed by atoms with Gasteiger partial charge in [0.2, 0.25) is 5.91 Å². The molecule has 0 spiro atoms. The second-order valence-electron chi connectivity index (χ2n) is 7.08. The van der Waals surface area contributed by atoms with Crippen molar-refractivity contribution >= 4 is 29.2 Å². The monoisotopic (exact) mass is 386 g/mol. The lowest BCUT2D eigenvalue weighted by Gasteiger charge is -2.38. The van der Waals surface area contributed by atoms with E-state index in [0.29, 0.717) is 51.4 Å². The number of ketones is 1. The fraction of sp³-hybridized carbons (Fsp3) is 0.500. The van der Waals surface area contributed by atoms with Gasteiger partial charge in [0.1, 0.15) is 6.54 Å². The van der Waals surface area contributed by atoms with Gasteiger partial charge in [0.05, 0.1) is 0 Å². The SMILES string of the molecule is CCN1CCN(CC(=O)N2CCN(c3ccc(C(C)=O)cc3)CC2)C(=O)C1=O. The van der Waals surface area contributed by atoms with Crippen LogP contribution in [-0.4, -0.2) is 90.6 Å². The maximum Gasteiger partial charge on any atom is 0.312 e. The van der Waals surface area contributed by atoms with Crippen LogP contribution >= 0.6 is 0 Å². The Balaban J connectivity index is 1.52. The smallest absolute Gasteiger partial charge is 0.312 e. The molecule has 8 nitrogen and oxygen atoms in total. The molecular formula is C20H26N4O4. The number of carbonyl (C=O) groups excluding carboxylic acids is 4. The van der Waals surface area contributed by atoms with E-state index in [1.54, 1.807) is 11.8 Å². The number of likely N-dealkylation sites (N-methyl/N-ethyl adjacent to an activating group) is 1. The largest absolute Gasteiger partial charge is 0.368 e. The van der Waals surface area contributed by atoms with Gasteiger partial charge in [-0.15, -0.1) is 0 Å². The minimum absolute atomic E-state index is 0.0368. The number of anilines is 1. The van der Waals surface area contributed by atoms with Gasteiger partial charge in [0.15, 0.2) is 5.78 Å². The number of Topliss-reactive ketones (excluding diaryl/α,β-unsaturated/α-hetero) is 1. The molecule has 0 saturated carbocycles. The third kappa shape index (κ3) is 4.16. The number of amides is 3. The Labute approximate surface area is 164 Å². The van der Waals surface area contributed by atoms with Crippen LogP contribution in [0.25, 0.3) is 0 Å². The zero-order valence-electron chi connectivity index (χ0n) is 16.4. The van der Waals surface area contributed by atoms with Gasteiger partial charge in [0, 0.05) is 57.1 Å². The normalized spacial score (nSPS) is 17.9. The van der Waals surface area contributed by atoms with Crippen molar-refractivity contribution in [3.63, 3.8) is 0 Å². The van der Waals surface area contributed by atoms with Gasteiger partial charge >= 0.3 is 11.8 Å². The summed E-state index contributed by atoms with van der Waals surface area (Å²) in [6.45, 7) is 7.18. The number of rotatable bonds is 5. The van der Waals surface area contributed by atoms with E-state index in [1.807, 2.05) is 31.2 Å². The van der Waals surface area contributed by atoms with Crippen molar-refractivity contribution in [2.24, 2.45) is 0 Å². The van der Waals surface area contributed by atoms with E-state index in [4.69, 9.17) is 0 Å². The van der Waals surface area contributed by atoms with Crippen molar-refractivity contribution < 1.29 is 19.2 Å². The highest BCUT2D eigenvalue weighted by Gasteiger charge is 2.33. The first-order valence-corrected chi connectivity index (χ1v) is 9.62. The van der Waals surface area contributed by atoms with Gasteiger partial charge in [-0.25, -0.2) is 0 Å². The molecule has 0 aromatic heterocycles. The molecule has 2 aliphatic rings. The summed E-state index contributed by atoms with van der Waals surface area (Å²) in [7, 11) is 0. The second-order valence-corrected chi connectivity index (χ2v) is 7.08. The van der Waals surface area contributed by atoms with Crippen molar-refractivity contribution in [3.05, 3.63) is 29.8 Å². The van der Waals surface area contributed by atoms with Gasteiger partial charge in [-0.3, -0.25) is 19.2 Å². The van der Waals surface area contributed by atoms with E-state index in [2.05, 4.69) is 4.90 Å². The molecule has 0 atom stereocenters. The van der Waals surface area contributed by atoms with Crippen LogP contribution < -0.4 is 4.90 Å². The molecule has 2 fully saturated rings. The fourth-order valence-electron chi connectivity index (χ4n) is 3.55. The number of carbonyl (C=O) groups is 4. The molecule has 0 unspecified atom stereocenters. The zero-order valence-corrected chi connectivity index (χ0v) is 16.4. The minimum atomic E-state index is -0.592.